The molecule has 3 aromatic carbocycles. The van der Waals surface area contributed by atoms with E-state index in [0.717, 1.165) is 33.7 Å². The fourth-order valence-electron chi connectivity index (χ4n) is 2.99. The van der Waals surface area contributed by atoms with Crippen molar-refractivity contribution in [3.63, 3.8) is 0 Å². The Balaban J connectivity index is 1.43. The molecule has 1 amide bonds. The van der Waals surface area contributed by atoms with E-state index < -0.39 is 0 Å². The minimum Gasteiger partial charge on any atom is -0.497 e. The van der Waals surface area contributed by atoms with Gasteiger partial charge < -0.3 is 14.5 Å². The number of methoxy groups -OCH3 is 1. The smallest absolute Gasteiger partial charge is 0.255 e. The number of carbonyl (C=O) groups excluding carboxylic acids is 1. The maximum absolute atomic E-state index is 12.3. The van der Waals surface area contributed by atoms with Gasteiger partial charge in [-0.3, -0.25) is 4.79 Å². The molecule has 140 valence electrons. The van der Waals surface area contributed by atoms with Crippen molar-refractivity contribution in [1.29, 1.82) is 0 Å². The molecule has 1 heterocycles. The van der Waals surface area contributed by atoms with Crippen LogP contribution in [0.5, 0.6) is 5.75 Å². The lowest BCUT2D eigenvalue weighted by atomic mass is 10.1. The molecule has 0 aliphatic rings. The first-order valence-corrected chi connectivity index (χ1v) is 9.01. The first-order valence-electron chi connectivity index (χ1n) is 9.01. The van der Waals surface area contributed by atoms with E-state index in [4.69, 9.17) is 9.15 Å². The number of oxazole rings is 1. The molecule has 0 saturated heterocycles. The summed E-state index contributed by atoms with van der Waals surface area (Å²) >= 11 is 0. The van der Waals surface area contributed by atoms with E-state index in [2.05, 4.69) is 10.3 Å². The van der Waals surface area contributed by atoms with Gasteiger partial charge in [0.25, 0.3) is 5.91 Å². The van der Waals surface area contributed by atoms with Gasteiger partial charge >= 0.3 is 0 Å². The van der Waals surface area contributed by atoms with Crippen LogP contribution in [0.3, 0.4) is 0 Å². The average Bonchev–Trinajstić information content (AvgIpc) is 3.10. The molecule has 5 heteroatoms. The van der Waals surface area contributed by atoms with E-state index in [1.165, 1.54) is 0 Å². The van der Waals surface area contributed by atoms with Crippen LogP contribution < -0.4 is 10.1 Å². The van der Waals surface area contributed by atoms with Crippen LogP contribution in [0.2, 0.25) is 0 Å². The number of benzene rings is 3. The monoisotopic (exact) mass is 372 g/mol. The molecule has 0 unspecified atom stereocenters. The largest absolute Gasteiger partial charge is 0.497 e. The SMILES string of the molecule is COc1ccc(C(=O)Nc2ccc(Cc3nc4cc(C)ccc4o3)cc2)cc1. The van der Waals surface area contributed by atoms with Gasteiger partial charge in [0.2, 0.25) is 0 Å². The molecule has 0 aliphatic heterocycles. The van der Waals surface area contributed by atoms with Gasteiger partial charge in [-0.1, -0.05) is 18.2 Å². The molecule has 1 N–H and O–H groups in total. The Kier molecular flexibility index (Phi) is 4.81. The van der Waals surface area contributed by atoms with E-state index in [-0.39, 0.29) is 5.91 Å². The highest BCUT2D eigenvalue weighted by atomic mass is 16.5. The third-order valence-electron chi connectivity index (χ3n) is 4.51. The Morgan fingerprint density at radius 2 is 1.79 bits per heavy atom. The summed E-state index contributed by atoms with van der Waals surface area (Å²) < 4.78 is 10.9. The molecule has 0 atom stereocenters. The first-order chi connectivity index (χ1) is 13.6. The fraction of sp³-hybridized carbons (Fsp3) is 0.130. The van der Waals surface area contributed by atoms with E-state index >= 15 is 0 Å². The highest BCUT2D eigenvalue weighted by Crippen LogP contribution is 2.20. The summed E-state index contributed by atoms with van der Waals surface area (Å²) in [6, 6.07) is 20.6. The number of nitrogens with one attached hydrogen (secondary N) is 1. The van der Waals surface area contributed by atoms with Crippen LogP contribution in [-0.4, -0.2) is 18.0 Å². The number of carbonyl (C=O) groups is 1. The van der Waals surface area contributed by atoms with E-state index in [1.807, 2.05) is 49.4 Å². The van der Waals surface area contributed by atoms with Gasteiger partial charge in [-0.05, 0) is 66.6 Å². The average molecular weight is 372 g/mol. The van der Waals surface area contributed by atoms with Crippen LogP contribution in [0.1, 0.15) is 27.4 Å². The van der Waals surface area contributed by atoms with E-state index in [9.17, 15) is 4.79 Å². The minimum absolute atomic E-state index is 0.162. The molecule has 4 rings (SSSR count). The third kappa shape index (κ3) is 3.88. The summed E-state index contributed by atoms with van der Waals surface area (Å²) in [5.74, 6) is 1.23. The topological polar surface area (TPSA) is 64.4 Å². The van der Waals surface area contributed by atoms with Crippen molar-refractivity contribution in [3.05, 3.63) is 89.3 Å². The predicted molar refractivity (Wildman–Crippen MR) is 109 cm³/mol. The zero-order chi connectivity index (χ0) is 19.5. The second kappa shape index (κ2) is 7.56. The molecule has 5 nitrogen and oxygen atoms in total. The summed E-state index contributed by atoms with van der Waals surface area (Å²) in [6.07, 6.45) is 0.598. The lowest BCUT2D eigenvalue weighted by Crippen LogP contribution is -2.11. The van der Waals surface area contributed by atoms with Crippen LogP contribution in [0.15, 0.2) is 71.1 Å². The summed E-state index contributed by atoms with van der Waals surface area (Å²) in [4.78, 5) is 16.9. The molecule has 0 spiro atoms. The summed E-state index contributed by atoms with van der Waals surface area (Å²) in [5.41, 5.74) is 5.20. The lowest BCUT2D eigenvalue weighted by molar-refractivity contribution is 0.102. The molecule has 0 aliphatic carbocycles. The van der Waals surface area contributed by atoms with Crippen LogP contribution in [-0.2, 0) is 6.42 Å². The first kappa shape index (κ1) is 17.8. The van der Waals surface area contributed by atoms with Gasteiger partial charge in [-0.15, -0.1) is 0 Å². The van der Waals surface area contributed by atoms with E-state index in [1.54, 1.807) is 31.4 Å². The highest BCUT2D eigenvalue weighted by molar-refractivity contribution is 6.04. The molecular formula is C23H20N2O3. The van der Waals surface area contributed by atoms with Crippen molar-refractivity contribution in [2.24, 2.45) is 0 Å². The van der Waals surface area contributed by atoms with Gasteiger partial charge in [0.05, 0.1) is 7.11 Å². The molecule has 1 aromatic heterocycles. The van der Waals surface area contributed by atoms with Crippen LogP contribution >= 0.6 is 0 Å². The molecule has 28 heavy (non-hydrogen) atoms. The second-order valence-electron chi connectivity index (χ2n) is 6.64. The summed E-state index contributed by atoms with van der Waals surface area (Å²) in [6.45, 7) is 2.03. The number of aromatic nitrogens is 1. The lowest BCUT2D eigenvalue weighted by Gasteiger charge is -2.07. The predicted octanol–water partition coefficient (Wildman–Crippen LogP) is 4.99. The van der Waals surface area contributed by atoms with Crippen LogP contribution in [0.25, 0.3) is 11.1 Å². The fourth-order valence-corrected chi connectivity index (χ4v) is 2.99. The molecular weight excluding hydrogens is 352 g/mol. The Bertz CT molecular complexity index is 1110. The standard InChI is InChI=1S/C23H20N2O3/c1-15-3-12-21-20(13-15)25-22(28-21)14-16-4-8-18(9-5-16)24-23(26)17-6-10-19(27-2)11-7-17/h3-13H,14H2,1-2H3,(H,24,26). The van der Waals surface area contributed by atoms with E-state index in [0.29, 0.717) is 17.9 Å². The van der Waals surface area contributed by atoms with Gasteiger partial charge in [0, 0.05) is 17.7 Å². The Morgan fingerprint density at radius 1 is 1.04 bits per heavy atom. The van der Waals surface area contributed by atoms with Crippen LogP contribution in [0, 0.1) is 6.92 Å². The molecule has 0 bridgehead atoms. The van der Waals surface area contributed by atoms with Gasteiger partial charge in [-0.25, -0.2) is 4.98 Å². The number of rotatable bonds is 5. The van der Waals surface area contributed by atoms with Gasteiger partial charge in [-0.2, -0.15) is 0 Å². The number of anilines is 1. The normalized spacial score (nSPS) is 10.8. The second-order valence-corrected chi connectivity index (χ2v) is 6.64. The molecule has 0 radical (unpaired) electrons. The minimum atomic E-state index is -0.162. The highest BCUT2D eigenvalue weighted by Gasteiger charge is 2.09. The number of nitrogens with zero attached hydrogens (tertiary/aromatic N) is 1. The number of hydrogen-bond acceptors (Lipinski definition) is 4. The summed E-state index contributed by atoms with van der Waals surface area (Å²) in [5, 5.41) is 2.90. The van der Waals surface area contributed by atoms with Crippen molar-refractivity contribution < 1.29 is 13.9 Å². The maximum atomic E-state index is 12.3. The van der Waals surface area contributed by atoms with Crippen molar-refractivity contribution in [3.8, 4) is 5.75 Å². The Hall–Kier alpha value is -3.60. The maximum Gasteiger partial charge on any atom is 0.255 e. The number of fused-ring (bicyclic) bond motifs is 1. The number of amides is 1. The van der Waals surface area contributed by atoms with Crippen molar-refractivity contribution in [2.45, 2.75) is 13.3 Å². The third-order valence-corrected chi connectivity index (χ3v) is 4.51. The molecule has 0 saturated carbocycles. The zero-order valence-corrected chi connectivity index (χ0v) is 15.7. The van der Waals surface area contributed by atoms with Crippen molar-refractivity contribution >= 4 is 22.7 Å². The van der Waals surface area contributed by atoms with Crippen molar-refractivity contribution in [1.82, 2.24) is 4.98 Å². The number of aryl methyl sites for hydroxylation is 1. The molecule has 0 fully saturated rings. The van der Waals surface area contributed by atoms with Crippen LogP contribution in [0.4, 0.5) is 5.69 Å². The zero-order valence-electron chi connectivity index (χ0n) is 15.7. The quantitative estimate of drug-likeness (QED) is 0.536. The molecule has 4 aromatic rings. The Morgan fingerprint density at radius 3 is 2.50 bits per heavy atom. The number of ether oxygens (including phenoxy) is 1. The van der Waals surface area contributed by atoms with Crippen molar-refractivity contribution in [2.75, 3.05) is 12.4 Å². The summed E-state index contributed by atoms with van der Waals surface area (Å²) in [7, 11) is 1.60. The van der Waals surface area contributed by atoms with Gasteiger partial charge in [0.15, 0.2) is 11.5 Å². The number of hydrogen-bond donors (Lipinski definition) is 1. The van der Waals surface area contributed by atoms with Gasteiger partial charge in [0.1, 0.15) is 11.3 Å². The Labute approximate surface area is 163 Å².